The van der Waals surface area contributed by atoms with E-state index >= 15 is 0 Å². The topological polar surface area (TPSA) is 30.5 Å². The van der Waals surface area contributed by atoms with Gasteiger partial charge >= 0.3 is 0 Å². The van der Waals surface area contributed by atoms with Gasteiger partial charge in [-0.25, -0.2) is 0 Å². The van der Waals surface area contributed by atoms with Gasteiger partial charge in [0.25, 0.3) is 0 Å². The number of hydrogen-bond donors (Lipinski definition) is 1. The minimum absolute atomic E-state index is 0.0365. The molecular weight excluding hydrogens is 238 g/mol. The predicted octanol–water partition coefficient (Wildman–Crippen LogP) is 3.87. The smallest absolute Gasteiger partial charge is 0.159 e. The number of rotatable bonds is 12. The van der Waals surface area contributed by atoms with Crippen LogP contribution in [0, 0.1) is 0 Å². The largest absolute Gasteiger partial charge is 0.350 e. The molecule has 0 bridgehead atoms. The summed E-state index contributed by atoms with van der Waals surface area (Å²) < 4.78 is 11.1. The zero-order chi connectivity index (χ0) is 13.8. The molecule has 1 saturated heterocycles. The minimum atomic E-state index is 0.0365. The van der Waals surface area contributed by atoms with Gasteiger partial charge in [-0.1, -0.05) is 52.4 Å². The molecule has 1 aliphatic rings. The van der Waals surface area contributed by atoms with Crippen LogP contribution in [0.15, 0.2) is 0 Å². The molecule has 1 fully saturated rings. The molecule has 0 aromatic rings. The first-order valence-corrected chi connectivity index (χ1v) is 8.33. The summed E-state index contributed by atoms with van der Waals surface area (Å²) in [6.07, 6.45) is 11.7. The van der Waals surface area contributed by atoms with Crippen LogP contribution in [0.2, 0.25) is 0 Å². The summed E-state index contributed by atoms with van der Waals surface area (Å²) in [4.78, 5) is 0. The Balaban J connectivity index is 2.09. The molecule has 19 heavy (non-hydrogen) atoms. The molecule has 114 valence electrons. The first-order chi connectivity index (χ1) is 9.36. The van der Waals surface area contributed by atoms with Crippen molar-refractivity contribution in [2.24, 2.45) is 0 Å². The fraction of sp³-hybridized carbons (Fsp3) is 1.00. The van der Waals surface area contributed by atoms with E-state index in [-0.39, 0.29) is 6.29 Å². The maximum atomic E-state index is 5.56. The maximum absolute atomic E-state index is 5.56. The number of hydrogen-bond acceptors (Lipinski definition) is 3. The standard InChI is InChI=1S/C16H33NO2/c1-3-5-6-7-8-9-10-15(17-11-4-2)14-16-18-12-13-19-16/h15-17H,3-14H2,1-2H3. The lowest BCUT2D eigenvalue weighted by Gasteiger charge is -2.21. The van der Waals surface area contributed by atoms with Crippen molar-refractivity contribution in [3.05, 3.63) is 0 Å². The molecule has 0 amide bonds. The second-order valence-electron chi connectivity index (χ2n) is 5.61. The number of unbranched alkanes of at least 4 members (excludes halogenated alkanes) is 5. The quantitative estimate of drug-likeness (QED) is 0.547. The van der Waals surface area contributed by atoms with E-state index in [0.717, 1.165) is 26.2 Å². The lowest BCUT2D eigenvalue weighted by molar-refractivity contribution is -0.0532. The van der Waals surface area contributed by atoms with E-state index in [4.69, 9.17) is 9.47 Å². The van der Waals surface area contributed by atoms with Crippen molar-refractivity contribution < 1.29 is 9.47 Å². The van der Waals surface area contributed by atoms with Crippen molar-refractivity contribution in [2.45, 2.75) is 84.0 Å². The highest BCUT2D eigenvalue weighted by molar-refractivity contribution is 4.70. The van der Waals surface area contributed by atoms with E-state index in [1.54, 1.807) is 0 Å². The fourth-order valence-electron chi connectivity index (χ4n) is 2.60. The molecule has 3 nitrogen and oxygen atoms in total. The Kier molecular flexibility index (Phi) is 10.4. The Bertz CT molecular complexity index is 193. The first kappa shape index (κ1) is 16.9. The molecule has 1 atom stereocenters. The molecule has 0 spiro atoms. The van der Waals surface area contributed by atoms with Crippen molar-refractivity contribution in [2.75, 3.05) is 19.8 Å². The SMILES string of the molecule is CCCCCCCCC(CC1OCCO1)NCCC. The summed E-state index contributed by atoms with van der Waals surface area (Å²) in [5, 5.41) is 3.64. The van der Waals surface area contributed by atoms with Crippen LogP contribution < -0.4 is 5.32 Å². The summed E-state index contributed by atoms with van der Waals surface area (Å²) >= 11 is 0. The molecule has 0 aromatic heterocycles. The predicted molar refractivity (Wildman–Crippen MR) is 80.4 cm³/mol. The average Bonchev–Trinajstić information content (AvgIpc) is 2.92. The van der Waals surface area contributed by atoms with Crippen molar-refractivity contribution >= 4 is 0 Å². The number of nitrogens with one attached hydrogen (secondary N) is 1. The molecule has 1 unspecified atom stereocenters. The third kappa shape index (κ3) is 8.61. The van der Waals surface area contributed by atoms with Crippen LogP contribution in [-0.4, -0.2) is 32.1 Å². The minimum Gasteiger partial charge on any atom is -0.350 e. The Morgan fingerprint density at radius 3 is 2.32 bits per heavy atom. The summed E-state index contributed by atoms with van der Waals surface area (Å²) in [6.45, 7) is 7.13. The Hall–Kier alpha value is -0.120. The van der Waals surface area contributed by atoms with Gasteiger partial charge in [0.15, 0.2) is 6.29 Å². The molecule has 0 radical (unpaired) electrons. The van der Waals surface area contributed by atoms with E-state index in [9.17, 15) is 0 Å². The van der Waals surface area contributed by atoms with Crippen LogP contribution >= 0.6 is 0 Å². The molecule has 0 saturated carbocycles. The average molecular weight is 271 g/mol. The maximum Gasteiger partial charge on any atom is 0.159 e. The lowest BCUT2D eigenvalue weighted by atomic mass is 10.0. The van der Waals surface area contributed by atoms with Crippen LogP contribution in [-0.2, 0) is 9.47 Å². The third-order valence-corrected chi connectivity index (χ3v) is 3.76. The fourth-order valence-corrected chi connectivity index (χ4v) is 2.60. The van der Waals surface area contributed by atoms with Crippen LogP contribution in [0.3, 0.4) is 0 Å². The molecule has 1 heterocycles. The van der Waals surface area contributed by atoms with Gasteiger partial charge in [-0.3, -0.25) is 0 Å². The highest BCUT2D eigenvalue weighted by Gasteiger charge is 2.20. The molecule has 0 aromatic carbocycles. The lowest BCUT2D eigenvalue weighted by Crippen LogP contribution is -2.33. The van der Waals surface area contributed by atoms with Crippen molar-refractivity contribution in [1.82, 2.24) is 5.32 Å². The first-order valence-electron chi connectivity index (χ1n) is 8.33. The highest BCUT2D eigenvalue weighted by atomic mass is 16.7. The van der Waals surface area contributed by atoms with Crippen molar-refractivity contribution in [3.8, 4) is 0 Å². The second kappa shape index (κ2) is 11.7. The molecule has 1 N–H and O–H groups in total. The van der Waals surface area contributed by atoms with Crippen LogP contribution in [0.25, 0.3) is 0 Å². The second-order valence-corrected chi connectivity index (χ2v) is 5.61. The molecule has 1 aliphatic heterocycles. The van der Waals surface area contributed by atoms with Crippen LogP contribution in [0.1, 0.15) is 71.6 Å². The Morgan fingerprint density at radius 1 is 0.947 bits per heavy atom. The third-order valence-electron chi connectivity index (χ3n) is 3.76. The number of ether oxygens (including phenoxy) is 2. The molecule has 0 aliphatic carbocycles. The van der Waals surface area contributed by atoms with Gasteiger partial charge < -0.3 is 14.8 Å². The van der Waals surface area contributed by atoms with Gasteiger partial charge in [0.2, 0.25) is 0 Å². The van der Waals surface area contributed by atoms with E-state index in [1.165, 1.54) is 51.4 Å². The van der Waals surface area contributed by atoms with Gasteiger partial charge in [0.1, 0.15) is 0 Å². The summed E-state index contributed by atoms with van der Waals surface area (Å²) in [5.41, 5.74) is 0. The van der Waals surface area contributed by atoms with Gasteiger partial charge in [-0.05, 0) is 19.4 Å². The molecule has 1 rings (SSSR count). The zero-order valence-corrected chi connectivity index (χ0v) is 13.0. The van der Waals surface area contributed by atoms with Crippen molar-refractivity contribution in [3.63, 3.8) is 0 Å². The molecule has 3 heteroatoms. The van der Waals surface area contributed by atoms with Gasteiger partial charge in [-0.15, -0.1) is 0 Å². The van der Waals surface area contributed by atoms with E-state index < -0.39 is 0 Å². The summed E-state index contributed by atoms with van der Waals surface area (Å²) in [6, 6.07) is 0.564. The van der Waals surface area contributed by atoms with E-state index in [1.807, 2.05) is 0 Å². The van der Waals surface area contributed by atoms with Crippen LogP contribution in [0.5, 0.6) is 0 Å². The monoisotopic (exact) mass is 271 g/mol. The Morgan fingerprint density at radius 2 is 1.63 bits per heavy atom. The summed E-state index contributed by atoms with van der Waals surface area (Å²) in [5.74, 6) is 0. The van der Waals surface area contributed by atoms with Crippen LogP contribution in [0.4, 0.5) is 0 Å². The van der Waals surface area contributed by atoms with Gasteiger partial charge in [0, 0.05) is 12.5 Å². The van der Waals surface area contributed by atoms with Crippen molar-refractivity contribution in [1.29, 1.82) is 0 Å². The van der Waals surface area contributed by atoms with E-state index in [2.05, 4.69) is 19.2 Å². The van der Waals surface area contributed by atoms with Gasteiger partial charge in [-0.2, -0.15) is 0 Å². The van der Waals surface area contributed by atoms with E-state index in [0.29, 0.717) is 6.04 Å². The summed E-state index contributed by atoms with van der Waals surface area (Å²) in [7, 11) is 0. The highest BCUT2D eigenvalue weighted by Crippen LogP contribution is 2.15. The van der Waals surface area contributed by atoms with Gasteiger partial charge in [0.05, 0.1) is 13.2 Å². The normalized spacial score (nSPS) is 18.0. The molecular formula is C16H33NO2. The zero-order valence-electron chi connectivity index (χ0n) is 13.0. The Labute approximate surface area is 119 Å².